The zero-order valence-corrected chi connectivity index (χ0v) is 15.8. The molecule has 9 heteroatoms. The fourth-order valence-corrected chi connectivity index (χ4v) is 5.85. The van der Waals surface area contributed by atoms with Crippen molar-refractivity contribution in [2.24, 2.45) is 5.92 Å². The summed E-state index contributed by atoms with van der Waals surface area (Å²) in [6.07, 6.45) is 3.26. The lowest BCUT2D eigenvalue weighted by Crippen LogP contribution is -2.64. The zero-order chi connectivity index (χ0) is 18.3. The number of nitrogens with zero attached hydrogens (tertiary/aromatic N) is 1. The second kappa shape index (κ2) is 6.53. The fraction of sp³-hybridized carbons (Fsp3) is 0.625. The van der Waals surface area contributed by atoms with Gasteiger partial charge in [0.05, 0.1) is 16.2 Å². The maximum Gasteiger partial charge on any atom is 0.243 e. The van der Waals surface area contributed by atoms with E-state index in [4.69, 9.17) is 0 Å². The molecule has 1 aromatic carbocycles. The quantitative estimate of drug-likeness (QED) is 0.700. The largest absolute Gasteiger partial charge is 0.387 e. The van der Waals surface area contributed by atoms with E-state index in [0.717, 1.165) is 19.3 Å². The number of benzene rings is 1. The summed E-state index contributed by atoms with van der Waals surface area (Å²) in [4.78, 5) is 0.0989. The van der Waals surface area contributed by atoms with Crippen LogP contribution in [0.2, 0.25) is 0 Å². The van der Waals surface area contributed by atoms with Crippen molar-refractivity contribution >= 4 is 25.7 Å². The summed E-state index contributed by atoms with van der Waals surface area (Å²) in [5.41, 5.74) is -0.532. The van der Waals surface area contributed by atoms with Gasteiger partial charge >= 0.3 is 0 Å². The van der Waals surface area contributed by atoms with Crippen LogP contribution < -0.4 is 4.72 Å². The molecule has 0 spiro atoms. The van der Waals surface area contributed by atoms with E-state index in [0.29, 0.717) is 12.1 Å². The fourth-order valence-electron chi connectivity index (χ4n) is 3.02. The second-order valence-corrected chi connectivity index (χ2v) is 10.7. The summed E-state index contributed by atoms with van der Waals surface area (Å²) in [6, 6.07) is 5.68. The van der Waals surface area contributed by atoms with E-state index >= 15 is 0 Å². The Morgan fingerprint density at radius 1 is 1.16 bits per heavy atom. The van der Waals surface area contributed by atoms with Gasteiger partial charge in [0, 0.05) is 18.8 Å². The lowest BCUT2D eigenvalue weighted by Gasteiger charge is -2.45. The number of aliphatic hydroxyl groups is 1. The number of hydrogen-bond donors (Lipinski definition) is 2. The van der Waals surface area contributed by atoms with Crippen LogP contribution in [0.4, 0.5) is 5.69 Å². The molecule has 25 heavy (non-hydrogen) atoms. The van der Waals surface area contributed by atoms with Crippen LogP contribution in [0, 0.1) is 5.92 Å². The van der Waals surface area contributed by atoms with Crippen molar-refractivity contribution in [1.29, 1.82) is 0 Å². The average molecular weight is 389 g/mol. The first-order valence-electron chi connectivity index (χ1n) is 8.49. The number of hydrogen-bond acceptors (Lipinski definition) is 5. The first kappa shape index (κ1) is 18.6. The number of rotatable bonds is 8. The van der Waals surface area contributed by atoms with Crippen LogP contribution in [0.1, 0.15) is 32.6 Å². The molecule has 7 nitrogen and oxygen atoms in total. The van der Waals surface area contributed by atoms with E-state index in [2.05, 4.69) is 4.72 Å². The van der Waals surface area contributed by atoms with Gasteiger partial charge in [0.25, 0.3) is 0 Å². The van der Waals surface area contributed by atoms with E-state index in [-0.39, 0.29) is 29.7 Å². The monoisotopic (exact) mass is 388 g/mol. The summed E-state index contributed by atoms with van der Waals surface area (Å²) < 4.78 is 52.6. The summed E-state index contributed by atoms with van der Waals surface area (Å²) in [6.45, 7) is 2.17. The molecule has 2 aliphatic rings. The third-order valence-electron chi connectivity index (χ3n) is 4.77. The molecule has 0 radical (unpaired) electrons. The molecule has 1 aromatic rings. The predicted octanol–water partition coefficient (Wildman–Crippen LogP) is 1.37. The van der Waals surface area contributed by atoms with E-state index in [1.807, 2.05) is 6.92 Å². The standard InChI is InChI=1S/C16H24N2O5S2/c1-2-3-10-24(20,21)17-14-6-8-15(9-7-14)25(22,23)18-11-16(19,12-18)13-4-5-13/h6-9,13,17,19H,2-5,10-12H2,1H3. The van der Waals surface area contributed by atoms with Crippen molar-refractivity contribution in [3.8, 4) is 0 Å². The smallest absolute Gasteiger partial charge is 0.243 e. The maximum absolute atomic E-state index is 12.6. The van der Waals surface area contributed by atoms with Crippen molar-refractivity contribution in [2.75, 3.05) is 23.6 Å². The van der Waals surface area contributed by atoms with E-state index in [1.165, 1.54) is 28.6 Å². The van der Waals surface area contributed by atoms with Crippen molar-refractivity contribution < 1.29 is 21.9 Å². The summed E-state index contributed by atoms with van der Waals surface area (Å²) in [5.74, 6) is 0.260. The van der Waals surface area contributed by atoms with Crippen molar-refractivity contribution in [1.82, 2.24) is 4.31 Å². The third-order valence-corrected chi connectivity index (χ3v) is 7.95. The summed E-state index contributed by atoms with van der Waals surface area (Å²) in [7, 11) is -7.07. The maximum atomic E-state index is 12.6. The Kier molecular flexibility index (Phi) is 4.87. The van der Waals surface area contributed by atoms with Gasteiger partial charge in [0.15, 0.2) is 0 Å². The molecule has 0 unspecified atom stereocenters. The van der Waals surface area contributed by atoms with Gasteiger partial charge in [-0.3, -0.25) is 4.72 Å². The number of unbranched alkanes of at least 4 members (excludes halogenated alkanes) is 1. The Hall–Kier alpha value is -1.16. The number of nitrogens with one attached hydrogen (secondary N) is 1. The van der Waals surface area contributed by atoms with Gasteiger partial charge in [-0.2, -0.15) is 4.31 Å². The Morgan fingerprint density at radius 3 is 2.28 bits per heavy atom. The molecule has 1 aliphatic carbocycles. The highest BCUT2D eigenvalue weighted by molar-refractivity contribution is 7.92. The van der Waals surface area contributed by atoms with Crippen LogP contribution in [-0.4, -0.2) is 50.7 Å². The van der Waals surface area contributed by atoms with Crippen LogP contribution in [0.15, 0.2) is 29.2 Å². The van der Waals surface area contributed by atoms with Gasteiger partial charge in [0.2, 0.25) is 20.0 Å². The normalized spacial score (nSPS) is 20.9. The Bertz CT molecular complexity index is 824. The van der Waals surface area contributed by atoms with Gasteiger partial charge in [-0.25, -0.2) is 16.8 Å². The zero-order valence-electron chi connectivity index (χ0n) is 14.2. The van der Waals surface area contributed by atoms with Crippen molar-refractivity contribution in [2.45, 2.75) is 43.1 Å². The van der Waals surface area contributed by atoms with Gasteiger partial charge in [-0.05, 0) is 49.4 Å². The van der Waals surface area contributed by atoms with Gasteiger partial charge in [-0.15, -0.1) is 0 Å². The first-order valence-corrected chi connectivity index (χ1v) is 11.6. The number of sulfonamides is 2. The molecule has 0 aromatic heterocycles. The van der Waals surface area contributed by atoms with Crippen LogP contribution >= 0.6 is 0 Å². The molecule has 1 saturated heterocycles. The molecule has 140 valence electrons. The van der Waals surface area contributed by atoms with Gasteiger partial charge in [-0.1, -0.05) is 13.3 Å². The van der Waals surface area contributed by atoms with Gasteiger partial charge in [0.1, 0.15) is 0 Å². The molecule has 0 bridgehead atoms. The van der Waals surface area contributed by atoms with Crippen LogP contribution in [0.25, 0.3) is 0 Å². The first-order chi connectivity index (χ1) is 11.7. The molecule has 2 fully saturated rings. The molecule has 2 N–H and O–H groups in total. The third kappa shape index (κ3) is 3.99. The number of anilines is 1. The molecular weight excluding hydrogens is 364 g/mol. The minimum absolute atomic E-state index is 0.0388. The SMILES string of the molecule is CCCCS(=O)(=O)Nc1ccc(S(=O)(=O)N2CC(O)(C3CC3)C2)cc1. The van der Waals surface area contributed by atoms with E-state index in [1.54, 1.807) is 0 Å². The second-order valence-electron chi connectivity index (χ2n) is 6.95. The lowest BCUT2D eigenvalue weighted by molar-refractivity contribution is -0.0764. The van der Waals surface area contributed by atoms with Crippen molar-refractivity contribution in [3.63, 3.8) is 0 Å². The summed E-state index contributed by atoms with van der Waals surface area (Å²) >= 11 is 0. The Morgan fingerprint density at radius 2 is 1.76 bits per heavy atom. The van der Waals surface area contributed by atoms with Crippen LogP contribution in [0.3, 0.4) is 0 Å². The molecule has 0 atom stereocenters. The Balaban J connectivity index is 1.65. The average Bonchev–Trinajstić information content (AvgIpc) is 3.35. The lowest BCUT2D eigenvalue weighted by atomic mass is 9.91. The molecule has 3 rings (SSSR count). The molecular formula is C16H24N2O5S2. The minimum Gasteiger partial charge on any atom is -0.387 e. The van der Waals surface area contributed by atoms with Crippen LogP contribution in [0.5, 0.6) is 0 Å². The van der Waals surface area contributed by atoms with Crippen molar-refractivity contribution in [3.05, 3.63) is 24.3 Å². The molecule has 1 aliphatic heterocycles. The van der Waals surface area contributed by atoms with E-state index in [9.17, 15) is 21.9 Å². The molecule has 0 amide bonds. The highest BCUT2D eigenvalue weighted by Crippen LogP contribution is 2.45. The highest BCUT2D eigenvalue weighted by Gasteiger charge is 2.55. The molecule has 1 saturated carbocycles. The van der Waals surface area contributed by atoms with Crippen LogP contribution in [-0.2, 0) is 20.0 Å². The summed E-state index contributed by atoms with van der Waals surface area (Å²) in [5, 5.41) is 10.3. The molecule has 1 heterocycles. The number of β-amino-alcohol motifs (C(OH)–C–C–N with tert-alkyl or cyclic N) is 1. The minimum atomic E-state index is -3.66. The highest BCUT2D eigenvalue weighted by atomic mass is 32.2. The Labute approximate surface area is 149 Å². The van der Waals surface area contributed by atoms with Gasteiger partial charge < -0.3 is 5.11 Å². The van der Waals surface area contributed by atoms with E-state index < -0.39 is 25.6 Å². The topological polar surface area (TPSA) is 104 Å². The predicted molar refractivity (Wildman–Crippen MR) is 95.2 cm³/mol.